The number of aromatic amines is 1. The van der Waals surface area contributed by atoms with Gasteiger partial charge >= 0.3 is 6.09 Å². The van der Waals surface area contributed by atoms with Crippen molar-refractivity contribution in [3.05, 3.63) is 53.7 Å². The van der Waals surface area contributed by atoms with Crippen LogP contribution in [0.25, 0.3) is 0 Å². The molecule has 31 heavy (non-hydrogen) atoms. The van der Waals surface area contributed by atoms with E-state index in [-0.39, 0.29) is 11.3 Å². The van der Waals surface area contributed by atoms with Crippen molar-refractivity contribution in [2.24, 2.45) is 0 Å². The first-order valence-corrected chi connectivity index (χ1v) is 10.5. The lowest BCUT2D eigenvalue weighted by molar-refractivity contribution is -0.121. The first-order chi connectivity index (χ1) is 14.4. The van der Waals surface area contributed by atoms with Gasteiger partial charge in [-0.1, -0.05) is 50.6 Å². The van der Waals surface area contributed by atoms with Crippen LogP contribution in [0.15, 0.2) is 42.5 Å². The SMILES string of the molecule is Cc1ccc(N(C(=O)C2C=CCN2C(=O)OC(C)(C)C)c2cc(C(C)(C)C)[nH]n2)cc1. The van der Waals surface area contributed by atoms with Crippen molar-refractivity contribution in [1.29, 1.82) is 0 Å². The Morgan fingerprint density at radius 1 is 1.13 bits per heavy atom. The molecule has 3 rings (SSSR count). The molecule has 1 aliphatic heterocycles. The average Bonchev–Trinajstić information content (AvgIpc) is 3.31. The molecule has 1 atom stereocenters. The van der Waals surface area contributed by atoms with Crippen molar-refractivity contribution >= 4 is 23.5 Å². The third-order valence-electron chi connectivity index (χ3n) is 4.95. The molecule has 0 bridgehead atoms. The smallest absolute Gasteiger partial charge is 0.411 e. The number of anilines is 2. The first kappa shape index (κ1) is 22.6. The lowest BCUT2D eigenvalue weighted by Crippen LogP contribution is -2.48. The van der Waals surface area contributed by atoms with Crippen LogP contribution in [0.1, 0.15) is 52.8 Å². The van der Waals surface area contributed by atoms with Gasteiger partial charge in [-0.3, -0.25) is 19.7 Å². The van der Waals surface area contributed by atoms with Crippen LogP contribution in [0.5, 0.6) is 0 Å². The number of amides is 2. The molecule has 0 radical (unpaired) electrons. The highest BCUT2D eigenvalue weighted by Gasteiger charge is 2.37. The predicted octanol–water partition coefficient (Wildman–Crippen LogP) is 4.86. The summed E-state index contributed by atoms with van der Waals surface area (Å²) in [5.74, 6) is 0.221. The average molecular weight is 425 g/mol. The summed E-state index contributed by atoms with van der Waals surface area (Å²) in [6, 6.07) is 8.77. The molecule has 2 amide bonds. The lowest BCUT2D eigenvalue weighted by Gasteiger charge is -2.31. The molecule has 0 fully saturated rings. The van der Waals surface area contributed by atoms with E-state index in [2.05, 4.69) is 31.0 Å². The molecule has 7 heteroatoms. The number of nitrogens with zero attached hydrogens (tertiary/aromatic N) is 3. The van der Waals surface area contributed by atoms with Gasteiger partial charge in [0.1, 0.15) is 11.6 Å². The van der Waals surface area contributed by atoms with Gasteiger partial charge in [-0.25, -0.2) is 4.79 Å². The van der Waals surface area contributed by atoms with Gasteiger partial charge in [-0.2, -0.15) is 5.10 Å². The second kappa shape index (κ2) is 8.21. The minimum atomic E-state index is -0.772. The Kier molecular flexibility index (Phi) is 5.98. The molecule has 2 aromatic rings. The number of hydrogen-bond donors (Lipinski definition) is 1. The summed E-state index contributed by atoms with van der Waals surface area (Å²) < 4.78 is 5.51. The number of benzene rings is 1. The van der Waals surface area contributed by atoms with Gasteiger partial charge in [0.05, 0.1) is 5.69 Å². The van der Waals surface area contributed by atoms with Gasteiger partial charge in [0.2, 0.25) is 0 Å². The van der Waals surface area contributed by atoms with Crippen LogP contribution in [0.3, 0.4) is 0 Å². The molecule has 0 spiro atoms. The molecule has 1 N–H and O–H groups in total. The van der Waals surface area contributed by atoms with Crippen LogP contribution in [0, 0.1) is 6.92 Å². The maximum atomic E-state index is 13.7. The summed E-state index contributed by atoms with van der Waals surface area (Å²) in [5.41, 5.74) is 1.90. The molecule has 0 saturated carbocycles. The van der Waals surface area contributed by atoms with Gasteiger partial charge in [-0.15, -0.1) is 0 Å². The summed E-state index contributed by atoms with van der Waals surface area (Å²) in [6.07, 6.45) is 3.03. The molecule has 1 unspecified atom stereocenters. The predicted molar refractivity (Wildman–Crippen MR) is 121 cm³/mol. The summed E-state index contributed by atoms with van der Waals surface area (Å²) in [4.78, 5) is 29.5. The van der Waals surface area contributed by atoms with Crippen LogP contribution in [0.4, 0.5) is 16.3 Å². The lowest BCUT2D eigenvalue weighted by atomic mass is 9.92. The highest BCUT2D eigenvalue weighted by Crippen LogP contribution is 2.31. The number of carbonyl (C=O) groups excluding carboxylic acids is 2. The molecule has 166 valence electrons. The monoisotopic (exact) mass is 424 g/mol. The minimum Gasteiger partial charge on any atom is -0.444 e. The minimum absolute atomic E-state index is 0.150. The van der Waals surface area contributed by atoms with Crippen molar-refractivity contribution in [2.75, 3.05) is 11.4 Å². The normalized spacial score (nSPS) is 16.5. The topological polar surface area (TPSA) is 78.5 Å². The van der Waals surface area contributed by atoms with E-state index in [1.165, 1.54) is 4.90 Å². The first-order valence-electron chi connectivity index (χ1n) is 10.5. The second-order valence-electron chi connectivity index (χ2n) is 9.90. The summed E-state index contributed by atoms with van der Waals surface area (Å²) in [5, 5.41) is 7.48. The number of ether oxygens (including phenoxy) is 1. The van der Waals surface area contributed by atoms with Crippen LogP contribution < -0.4 is 4.90 Å². The zero-order valence-electron chi connectivity index (χ0n) is 19.4. The Morgan fingerprint density at radius 2 is 1.77 bits per heavy atom. The van der Waals surface area contributed by atoms with Crippen molar-refractivity contribution in [3.63, 3.8) is 0 Å². The molecule has 1 aromatic carbocycles. The molecule has 0 aliphatic carbocycles. The van der Waals surface area contributed by atoms with Gasteiger partial charge in [0.25, 0.3) is 5.91 Å². The molecular formula is C24H32N4O3. The summed E-state index contributed by atoms with van der Waals surface area (Å²) in [6.45, 7) is 14.0. The number of hydrogen-bond acceptors (Lipinski definition) is 4. The van der Waals surface area contributed by atoms with Gasteiger partial charge in [0, 0.05) is 23.7 Å². The highest BCUT2D eigenvalue weighted by atomic mass is 16.6. The number of aromatic nitrogens is 2. The summed E-state index contributed by atoms with van der Waals surface area (Å²) >= 11 is 0. The maximum absolute atomic E-state index is 13.7. The fourth-order valence-corrected chi connectivity index (χ4v) is 3.25. The van der Waals surface area contributed by atoms with Crippen molar-refractivity contribution in [3.8, 4) is 0 Å². The zero-order chi connectivity index (χ0) is 23.0. The quantitative estimate of drug-likeness (QED) is 0.714. The Balaban J connectivity index is 1.98. The zero-order valence-corrected chi connectivity index (χ0v) is 19.4. The summed E-state index contributed by atoms with van der Waals surface area (Å²) in [7, 11) is 0. The van der Waals surface area contributed by atoms with Gasteiger partial charge in [-0.05, 0) is 39.8 Å². The van der Waals surface area contributed by atoms with E-state index >= 15 is 0 Å². The number of H-pyrrole nitrogens is 1. The Bertz CT molecular complexity index is 977. The number of rotatable bonds is 3. The van der Waals surface area contributed by atoms with Crippen molar-refractivity contribution < 1.29 is 14.3 Å². The third kappa shape index (κ3) is 5.16. The Labute approximate surface area is 184 Å². The van der Waals surface area contributed by atoms with Gasteiger partial charge in [0.15, 0.2) is 5.82 Å². The fraction of sp³-hybridized carbons (Fsp3) is 0.458. The fourth-order valence-electron chi connectivity index (χ4n) is 3.25. The molecule has 1 aromatic heterocycles. The Hall–Kier alpha value is -3.09. The van der Waals surface area contributed by atoms with E-state index in [0.717, 1.165) is 11.3 Å². The van der Waals surface area contributed by atoms with Crippen molar-refractivity contribution in [1.82, 2.24) is 15.1 Å². The van der Waals surface area contributed by atoms with E-state index in [0.29, 0.717) is 18.1 Å². The Morgan fingerprint density at radius 3 is 2.32 bits per heavy atom. The van der Waals surface area contributed by atoms with E-state index in [4.69, 9.17) is 4.74 Å². The number of aryl methyl sites for hydroxylation is 1. The van der Waals surface area contributed by atoms with Crippen LogP contribution in [-0.2, 0) is 14.9 Å². The largest absolute Gasteiger partial charge is 0.444 e. The van der Waals surface area contributed by atoms with Gasteiger partial charge < -0.3 is 4.74 Å². The molecule has 1 aliphatic rings. The number of nitrogens with one attached hydrogen (secondary N) is 1. The molecule has 7 nitrogen and oxygen atoms in total. The second-order valence-corrected chi connectivity index (χ2v) is 9.90. The van der Waals surface area contributed by atoms with Crippen LogP contribution in [-0.4, -0.2) is 45.3 Å². The maximum Gasteiger partial charge on any atom is 0.411 e. The van der Waals surface area contributed by atoms with E-state index < -0.39 is 17.7 Å². The highest BCUT2D eigenvalue weighted by molar-refractivity contribution is 6.05. The van der Waals surface area contributed by atoms with E-state index in [9.17, 15) is 9.59 Å². The molecule has 0 saturated heterocycles. The molecular weight excluding hydrogens is 392 g/mol. The number of carbonyl (C=O) groups is 2. The van der Waals surface area contributed by atoms with Crippen LogP contribution >= 0.6 is 0 Å². The van der Waals surface area contributed by atoms with Crippen LogP contribution in [0.2, 0.25) is 0 Å². The van der Waals surface area contributed by atoms with Crippen molar-refractivity contribution in [2.45, 2.75) is 65.5 Å². The van der Waals surface area contributed by atoms with E-state index in [1.807, 2.05) is 64.1 Å². The van der Waals surface area contributed by atoms with E-state index in [1.54, 1.807) is 11.0 Å². The molecule has 2 heterocycles. The standard InChI is InChI=1S/C24H32N4O3/c1-16-10-12-17(13-11-16)28(20-15-19(25-26-20)23(2,3)4)21(29)18-9-8-14-27(18)22(30)31-24(5,6)7/h8-13,15,18H,14H2,1-7H3,(H,25,26). The third-order valence-corrected chi connectivity index (χ3v) is 4.95.